The molecule has 18 heavy (non-hydrogen) atoms. The summed E-state index contributed by atoms with van der Waals surface area (Å²) in [6.45, 7) is 0.589. The highest BCUT2D eigenvalue weighted by molar-refractivity contribution is 5.27. The second kappa shape index (κ2) is 4.54. The van der Waals surface area contributed by atoms with Gasteiger partial charge < -0.3 is 4.74 Å². The van der Waals surface area contributed by atoms with Crippen molar-refractivity contribution in [3.8, 4) is 0 Å². The number of benzene rings is 2. The Morgan fingerprint density at radius 1 is 1.11 bits per heavy atom. The summed E-state index contributed by atoms with van der Waals surface area (Å²) >= 11 is 0. The Balaban J connectivity index is 1.70. The first-order chi connectivity index (χ1) is 8.78. The van der Waals surface area contributed by atoms with Crippen LogP contribution in [-0.4, -0.2) is 0 Å². The molecular weight excluding hydrogens is 227 g/mol. The van der Waals surface area contributed by atoms with E-state index in [1.54, 1.807) is 6.07 Å². The van der Waals surface area contributed by atoms with E-state index in [1.165, 1.54) is 12.1 Å². The summed E-state index contributed by atoms with van der Waals surface area (Å²) < 4.78 is 18.9. The molecule has 0 aromatic heterocycles. The first kappa shape index (κ1) is 11.4. The molecule has 0 spiro atoms. The Kier molecular flexibility index (Phi) is 2.88. The van der Waals surface area contributed by atoms with Gasteiger partial charge in [-0.2, -0.15) is 0 Å². The van der Waals surface area contributed by atoms with Crippen LogP contribution < -0.4 is 0 Å². The van der Waals surface area contributed by atoms with Gasteiger partial charge in [0.2, 0.25) is 0 Å². The third-order valence-electron chi connectivity index (χ3n) is 3.33. The predicted octanol–water partition coefficient (Wildman–Crippen LogP) is 3.83. The smallest absolute Gasteiger partial charge is 0.123 e. The van der Waals surface area contributed by atoms with Crippen LogP contribution in [-0.2, 0) is 16.9 Å². The molecule has 0 amide bonds. The van der Waals surface area contributed by atoms with Crippen molar-refractivity contribution in [2.24, 2.45) is 0 Å². The Labute approximate surface area is 106 Å². The van der Waals surface area contributed by atoms with Gasteiger partial charge in [-0.3, -0.25) is 0 Å². The molecule has 1 nitrogen and oxygen atoms in total. The lowest BCUT2D eigenvalue weighted by molar-refractivity contribution is 0.0170. The van der Waals surface area contributed by atoms with Crippen molar-refractivity contribution in [1.29, 1.82) is 0 Å². The Morgan fingerprint density at radius 2 is 1.89 bits per heavy atom. The first-order valence-electron chi connectivity index (χ1n) is 6.14. The fourth-order valence-electron chi connectivity index (χ4n) is 2.09. The molecule has 2 aromatic carbocycles. The maximum absolute atomic E-state index is 12.9. The number of hydrogen-bond acceptors (Lipinski definition) is 1. The Morgan fingerprint density at radius 3 is 2.50 bits per heavy atom. The Bertz CT molecular complexity index is 515. The summed E-state index contributed by atoms with van der Waals surface area (Å²) in [5, 5.41) is 0. The molecule has 2 aromatic rings. The normalized spacial score (nSPS) is 16.5. The zero-order chi connectivity index (χ0) is 12.4. The number of ether oxygens (including phenoxy) is 1. The van der Waals surface area contributed by atoms with E-state index in [0.29, 0.717) is 6.61 Å². The van der Waals surface area contributed by atoms with Crippen LogP contribution in [0.2, 0.25) is 0 Å². The lowest BCUT2D eigenvalue weighted by atomic mass is 10.1. The summed E-state index contributed by atoms with van der Waals surface area (Å²) in [6, 6.07) is 17.7. The van der Waals surface area contributed by atoms with E-state index in [0.717, 1.165) is 24.0 Å². The molecule has 1 fully saturated rings. The molecule has 0 heterocycles. The van der Waals surface area contributed by atoms with Gasteiger partial charge in [-0.1, -0.05) is 36.4 Å². The van der Waals surface area contributed by atoms with Gasteiger partial charge in [-0.05, 0) is 42.2 Å². The van der Waals surface area contributed by atoms with Crippen molar-refractivity contribution in [2.75, 3.05) is 0 Å². The van der Waals surface area contributed by atoms with E-state index in [4.69, 9.17) is 4.74 Å². The van der Waals surface area contributed by atoms with Gasteiger partial charge in [0.25, 0.3) is 0 Å². The summed E-state index contributed by atoms with van der Waals surface area (Å²) in [7, 11) is 0. The standard InChI is InChI=1S/C16H14FO/c17-15-8-6-14(7-9-15)16(10-11-16)18-12-13-4-2-1-3-5-13/h1-6,8-9H,10-12H2. The monoisotopic (exact) mass is 241 g/mol. The molecule has 91 valence electrons. The first-order valence-corrected chi connectivity index (χ1v) is 6.14. The highest BCUT2D eigenvalue weighted by Gasteiger charge is 2.45. The quantitative estimate of drug-likeness (QED) is 0.790. The highest BCUT2D eigenvalue weighted by atomic mass is 19.1. The zero-order valence-electron chi connectivity index (χ0n) is 10.0. The van der Waals surface area contributed by atoms with Crippen LogP contribution >= 0.6 is 0 Å². The molecule has 0 unspecified atom stereocenters. The molecule has 3 rings (SSSR count). The van der Waals surface area contributed by atoms with Gasteiger partial charge in [0, 0.05) is 0 Å². The van der Waals surface area contributed by atoms with E-state index in [2.05, 4.69) is 6.07 Å². The lowest BCUT2D eigenvalue weighted by Crippen LogP contribution is -2.12. The third-order valence-corrected chi connectivity index (χ3v) is 3.33. The van der Waals surface area contributed by atoms with Crippen molar-refractivity contribution in [3.05, 3.63) is 71.5 Å². The predicted molar refractivity (Wildman–Crippen MR) is 67.4 cm³/mol. The minimum atomic E-state index is -0.252. The van der Waals surface area contributed by atoms with Crippen molar-refractivity contribution >= 4 is 0 Å². The molecule has 0 aliphatic heterocycles. The van der Waals surface area contributed by atoms with E-state index in [-0.39, 0.29) is 11.4 Å². The van der Waals surface area contributed by atoms with Crippen LogP contribution in [0.4, 0.5) is 4.39 Å². The summed E-state index contributed by atoms with van der Waals surface area (Å²) in [4.78, 5) is 0. The summed E-state index contributed by atoms with van der Waals surface area (Å²) in [6.07, 6.45) is 1.98. The van der Waals surface area contributed by atoms with Crippen molar-refractivity contribution < 1.29 is 9.13 Å². The molecule has 1 aliphatic carbocycles. The van der Waals surface area contributed by atoms with Crippen LogP contribution in [0.5, 0.6) is 0 Å². The summed E-state index contributed by atoms with van der Waals surface area (Å²) in [5.74, 6) is -0.252. The largest absolute Gasteiger partial charge is 0.366 e. The molecule has 0 atom stereocenters. The number of halogens is 1. The lowest BCUT2D eigenvalue weighted by Gasteiger charge is -2.16. The fourth-order valence-corrected chi connectivity index (χ4v) is 2.09. The zero-order valence-corrected chi connectivity index (χ0v) is 10.0. The molecule has 1 aliphatic rings. The maximum Gasteiger partial charge on any atom is 0.123 e. The minimum absolute atomic E-state index is 0.233. The van der Waals surface area contributed by atoms with Gasteiger partial charge >= 0.3 is 0 Å². The molecule has 1 radical (unpaired) electrons. The van der Waals surface area contributed by atoms with Crippen LogP contribution in [0.3, 0.4) is 0 Å². The highest BCUT2D eigenvalue weighted by Crippen LogP contribution is 2.49. The SMILES string of the molecule is Fc1c[c]c(C2(OCc3ccccc3)CC2)cc1. The molecule has 0 N–H and O–H groups in total. The summed E-state index contributed by atoms with van der Waals surface area (Å²) in [5.41, 5.74) is 1.88. The van der Waals surface area contributed by atoms with Gasteiger partial charge in [-0.25, -0.2) is 4.39 Å². The van der Waals surface area contributed by atoms with Crippen LogP contribution in [0, 0.1) is 11.9 Å². The molecule has 0 saturated heterocycles. The number of hydrogen-bond donors (Lipinski definition) is 0. The molecular formula is C16H14FO. The van der Waals surface area contributed by atoms with E-state index >= 15 is 0 Å². The molecule has 0 bridgehead atoms. The van der Waals surface area contributed by atoms with Gasteiger partial charge in [-0.15, -0.1) is 0 Å². The average Bonchev–Trinajstić information content (AvgIpc) is 3.20. The van der Waals surface area contributed by atoms with E-state index in [1.807, 2.05) is 30.3 Å². The van der Waals surface area contributed by atoms with E-state index in [9.17, 15) is 4.39 Å². The van der Waals surface area contributed by atoms with Gasteiger partial charge in [0.15, 0.2) is 0 Å². The van der Waals surface area contributed by atoms with Gasteiger partial charge in [0.05, 0.1) is 12.2 Å². The fraction of sp³-hybridized carbons (Fsp3) is 0.250. The Hall–Kier alpha value is -1.67. The number of rotatable bonds is 4. The molecule has 2 heteroatoms. The second-order valence-corrected chi connectivity index (χ2v) is 4.69. The minimum Gasteiger partial charge on any atom is -0.366 e. The van der Waals surface area contributed by atoms with Crippen LogP contribution in [0.25, 0.3) is 0 Å². The average molecular weight is 241 g/mol. The van der Waals surface area contributed by atoms with Crippen LogP contribution in [0.1, 0.15) is 24.0 Å². The van der Waals surface area contributed by atoms with Crippen molar-refractivity contribution in [3.63, 3.8) is 0 Å². The third kappa shape index (κ3) is 2.29. The van der Waals surface area contributed by atoms with Crippen molar-refractivity contribution in [1.82, 2.24) is 0 Å². The van der Waals surface area contributed by atoms with E-state index < -0.39 is 0 Å². The maximum atomic E-state index is 12.9. The second-order valence-electron chi connectivity index (χ2n) is 4.69. The van der Waals surface area contributed by atoms with Gasteiger partial charge in [0.1, 0.15) is 5.82 Å². The van der Waals surface area contributed by atoms with Crippen LogP contribution in [0.15, 0.2) is 48.5 Å². The molecule has 1 saturated carbocycles. The van der Waals surface area contributed by atoms with Crippen molar-refractivity contribution in [2.45, 2.75) is 25.0 Å². The topological polar surface area (TPSA) is 9.23 Å².